The third kappa shape index (κ3) is 4.43. The molecule has 30 heavy (non-hydrogen) atoms. The number of para-hydroxylation sites is 2. The van der Waals surface area contributed by atoms with E-state index in [-0.39, 0.29) is 5.04 Å². The largest absolute Gasteiger partial charge is 0.497 e. The van der Waals surface area contributed by atoms with Gasteiger partial charge in [-0.1, -0.05) is 68.9 Å². The van der Waals surface area contributed by atoms with Crippen molar-refractivity contribution < 1.29 is 9.16 Å². The first kappa shape index (κ1) is 21.0. The number of anilines is 2. The van der Waals surface area contributed by atoms with Gasteiger partial charge >= 0.3 is 0 Å². The molecule has 0 spiro atoms. The van der Waals surface area contributed by atoms with Crippen molar-refractivity contribution in [3.05, 3.63) is 72.8 Å². The molecule has 1 aliphatic rings. The maximum atomic E-state index is 6.65. The molecular weight excluding hydrogens is 406 g/mol. The molecule has 0 aliphatic carbocycles. The van der Waals surface area contributed by atoms with Crippen LogP contribution in [0.25, 0.3) is 0 Å². The van der Waals surface area contributed by atoms with E-state index in [9.17, 15) is 0 Å². The van der Waals surface area contributed by atoms with Gasteiger partial charge in [0.2, 0.25) is 9.04 Å². The van der Waals surface area contributed by atoms with Crippen molar-refractivity contribution in [3.8, 4) is 5.75 Å². The first-order valence-electron chi connectivity index (χ1n) is 10.4. The second-order valence-electron chi connectivity index (χ2n) is 8.58. The third-order valence-corrected chi connectivity index (χ3v) is 9.60. The highest BCUT2D eigenvalue weighted by atomic mass is 32.2. The van der Waals surface area contributed by atoms with Gasteiger partial charge in [-0.25, -0.2) is 0 Å². The summed E-state index contributed by atoms with van der Waals surface area (Å²) in [4.78, 5) is 5.01. The maximum absolute atomic E-state index is 6.65. The molecule has 3 aromatic rings. The van der Waals surface area contributed by atoms with Crippen LogP contribution in [-0.2, 0) is 4.43 Å². The first-order chi connectivity index (χ1) is 14.5. The minimum absolute atomic E-state index is 0.127. The number of hydrogen-bond acceptors (Lipinski definition) is 4. The lowest BCUT2D eigenvalue weighted by molar-refractivity contribution is 0.319. The monoisotopic (exact) mass is 435 g/mol. The third-order valence-electron chi connectivity index (χ3n) is 5.34. The zero-order chi connectivity index (χ0) is 21.1. The Morgan fingerprint density at radius 1 is 0.833 bits per heavy atom. The molecular formula is C25H29NO2SSi. The number of nitrogens with zero attached hydrogens (tertiary/aromatic N) is 1. The van der Waals surface area contributed by atoms with Crippen molar-refractivity contribution in [2.24, 2.45) is 0 Å². The highest BCUT2D eigenvalue weighted by Gasteiger charge is 2.30. The van der Waals surface area contributed by atoms with Gasteiger partial charge in [0.05, 0.1) is 25.1 Å². The normalized spacial score (nSPS) is 14.1. The summed E-state index contributed by atoms with van der Waals surface area (Å²) in [5.74, 6) is 0.888. The van der Waals surface area contributed by atoms with Crippen LogP contribution in [0, 0.1) is 0 Å². The van der Waals surface area contributed by atoms with Crippen LogP contribution in [0.2, 0.25) is 5.04 Å². The van der Waals surface area contributed by atoms with Crippen LogP contribution in [0.4, 0.5) is 11.4 Å². The van der Waals surface area contributed by atoms with E-state index in [1.807, 2.05) is 23.9 Å². The molecule has 3 aromatic carbocycles. The molecule has 0 radical (unpaired) electrons. The van der Waals surface area contributed by atoms with Gasteiger partial charge in [-0.05, 0) is 46.6 Å². The van der Waals surface area contributed by atoms with Crippen molar-refractivity contribution in [1.29, 1.82) is 0 Å². The van der Waals surface area contributed by atoms with E-state index in [0.29, 0.717) is 6.61 Å². The minimum atomic E-state index is -1.64. The molecule has 0 N–H and O–H groups in total. The Morgan fingerprint density at radius 2 is 1.40 bits per heavy atom. The van der Waals surface area contributed by atoms with Crippen LogP contribution in [0.1, 0.15) is 20.8 Å². The average molecular weight is 436 g/mol. The van der Waals surface area contributed by atoms with Crippen LogP contribution < -0.4 is 14.8 Å². The molecule has 0 saturated heterocycles. The van der Waals surface area contributed by atoms with Gasteiger partial charge in [0.15, 0.2) is 0 Å². The van der Waals surface area contributed by atoms with Gasteiger partial charge in [0.1, 0.15) is 5.75 Å². The van der Waals surface area contributed by atoms with E-state index in [4.69, 9.17) is 9.16 Å². The van der Waals surface area contributed by atoms with Gasteiger partial charge in [0.25, 0.3) is 0 Å². The Labute approximate surface area is 185 Å². The number of hydrogen-bond donors (Lipinski definition) is 0. The summed E-state index contributed by atoms with van der Waals surface area (Å²) < 4.78 is 12.0. The molecule has 1 aliphatic heterocycles. The van der Waals surface area contributed by atoms with Gasteiger partial charge < -0.3 is 14.1 Å². The Kier molecular flexibility index (Phi) is 6.23. The molecule has 0 unspecified atom stereocenters. The van der Waals surface area contributed by atoms with Gasteiger partial charge in [-0.3, -0.25) is 0 Å². The lowest BCUT2D eigenvalue weighted by Gasteiger charge is -2.34. The molecule has 0 bridgehead atoms. The standard InChI is InChI=1S/C25H29NO2SSi/c1-25(2,3)30(20-15-13-19(27-4)14-16-20)28-18-17-26-21-9-5-7-11-23(21)29-24-12-8-6-10-22(24)26/h5-16,30H,17-18H2,1-4H3/t30-/m1/s1. The SMILES string of the molecule is COc1ccc([Si@@H](OCCN2c3ccccc3Sc3ccccc32)C(C)(C)C)cc1. The molecule has 156 valence electrons. The molecule has 3 nitrogen and oxygen atoms in total. The smallest absolute Gasteiger partial charge is 0.213 e. The summed E-state index contributed by atoms with van der Waals surface area (Å²) in [6.45, 7) is 8.40. The topological polar surface area (TPSA) is 21.7 Å². The summed E-state index contributed by atoms with van der Waals surface area (Å²) in [7, 11) is 0.0613. The summed E-state index contributed by atoms with van der Waals surface area (Å²) in [6.07, 6.45) is 0. The Morgan fingerprint density at radius 3 is 1.93 bits per heavy atom. The van der Waals surface area contributed by atoms with E-state index in [0.717, 1.165) is 12.3 Å². The van der Waals surface area contributed by atoms with Crippen molar-refractivity contribution in [2.75, 3.05) is 25.2 Å². The van der Waals surface area contributed by atoms with Crippen LogP contribution in [0.3, 0.4) is 0 Å². The number of ether oxygens (including phenoxy) is 1. The quantitative estimate of drug-likeness (QED) is 0.460. The first-order valence-corrected chi connectivity index (χ1v) is 12.8. The van der Waals surface area contributed by atoms with E-state index in [1.54, 1.807) is 7.11 Å². The summed E-state index contributed by atoms with van der Waals surface area (Å²) in [5.41, 5.74) is 2.53. The molecule has 5 heteroatoms. The van der Waals surface area contributed by atoms with Crippen molar-refractivity contribution in [3.63, 3.8) is 0 Å². The molecule has 1 atom stereocenters. The molecule has 0 saturated carbocycles. The lowest BCUT2D eigenvalue weighted by Crippen LogP contribution is -2.43. The van der Waals surface area contributed by atoms with Crippen LogP contribution in [0.15, 0.2) is 82.6 Å². The van der Waals surface area contributed by atoms with E-state index < -0.39 is 9.04 Å². The Balaban J connectivity index is 1.53. The van der Waals surface area contributed by atoms with Gasteiger partial charge in [-0.2, -0.15) is 0 Å². The van der Waals surface area contributed by atoms with Crippen LogP contribution in [-0.4, -0.2) is 29.3 Å². The van der Waals surface area contributed by atoms with Gasteiger partial charge in [-0.15, -0.1) is 0 Å². The van der Waals surface area contributed by atoms with Crippen molar-refractivity contribution in [1.82, 2.24) is 0 Å². The number of methoxy groups -OCH3 is 1. The van der Waals surface area contributed by atoms with E-state index in [1.165, 1.54) is 26.4 Å². The average Bonchev–Trinajstić information content (AvgIpc) is 2.75. The molecule has 1 heterocycles. The predicted molar refractivity (Wildman–Crippen MR) is 129 cm³/mol. The zero-order valence-corrected chi connectivity index (χ0v) is 20.1. The van der Waals surface area contributed by atoms with Crippen molar-refractivity contribution >= 4 is 37.4 Å². The van der Waals surface area contributed by atoms with Crippen LogP contribution in [0.5, 0.6) is 5.75 Å². The minimum Gasteiger partial charge on any atom is -0.497 e. The fourth-order valence-electron chi connectivity index (χ4n) is 3.91. The highest BCUT2D eigenvalue weighted by molar-refractivity contribution is 7.99. The fraction of sp³-hybridized carbons (Fsp3) is 0.280. The lowest BCUT2D eigenvalue weighted by atomic mass is 10.2. The van der Waals surface area contributed by atoms with E-state index >= 15 is 0 Å². The number of rotatable bonds is 6. The predicted octanol–water partition coefficient (Wildman–Crippen LogP) is 5.75. The second-order valence-corrected chi connectivity index (χ2v) is 13.2. The highest BCUT2D eigenvalue weighted by Crippen LogP contribution is 2.47. The summed E-state index contributed by atoms with van der Waals surface area (Å²) >= 11 is 1.84. The Hall–Kier alpha value is -2.21. The zero-order valence-electron chi connectivity index (χ0n) is 18.1. The maximum Gasteiger partial charge on any atom is 0.213 e. The molecule has 4 rings (SSSR count). The Bertz CT molecular complexity index is 955. The van der Waals surface area contributed by atoms with E-state index in [2.05, 4.69) is 86.3 Å². The molecule has 0 fully saturated rings. The summed E-state index contributed by atoms with van der Waals surface area (Å²) in [5, 5.41) is 1.45. The molecule has 0 amide bonds. The van der Waals surface area contributed by atoms with Crippen molar-refractivity contribution in [2.45, 2.75) is 35.6 Å². The second kappa shape index (κ2) is 8.88. The van der Waals surface area contributed by atoms with Gasteiger partial charge in [0, 0.05) is 16.3 Å². The number of benzene rings is 3. The number of fused-ring (bicyclic) bond motifs is 2. The summed E-state index contributed by atoms with van der Waals surface area (Å²) in [6, 6.07) is 25.7. The van der Waals surface area contributed by atoms with Crippen LogP contribution >= 0.6 is 11.8 Å². The molecule has 0 aromatic heterocycles. The fourth-order valence-corrected chi connectivity index (χ4v) is 7.58.